The zero-order chi connectivity index (χ0) is 12.0. The maximum absolute atomic E-state index is 9.33. The van der Waals surface area contributed by atoms with Crippen LogP contribution in [0.25, 0.3) is 0 Å². The summed E-state index contributed by atoms with van der Waals surface area (Å²) in [7, 11) is 0. The Morgan fingerprint density at radius 3 is 2.44 bits per heavy atom. The molecule has 0 unspecified atom stereocenters. The Morgan fingerprint density at radius 2 is 1.81 bits per heavy atom. The fourth-order valence-corrected chi connectivity index (χ4v) is 1.73. The minimum Gasteiger partial charge on any atom is -0.449 e. The van der Waals surface area contributed by atoms with Gasteiger partial charge >= 0.3 is 0 Å². The maximum atomic E-state index is 9.33. The average molecular weight is 222 g/mol. The molecular weight excluding hydrogens is 204 g/mol. The summed E-state index contributed by atoms with van der Waals surface area (Å²) < 4.78 is 11.3. The van der Waals surface area contributed by atoms with Gasteiger partial charge < -0.3 is 14.6 Å². The predicted octanol–water partition coefficient (Wildman–Crippen LogP) is 2.46. The largest absolute Gasteiger partial charge is 0.449 e. The minimum atomic E-state index is -0.593. The molecule has 0 amide bonds. The lowest BCUT2D eigenvalue weighted by atomic mass is 9.85. The molecule has 1 N–H and O–H groups in total. The fourth-order valence-electron chi connectivity index (χ4n) is 1.73. The van der Waals surface area contributed by atoms with E-state index in [1.807, 2.05) is 45.9 Å². The molecule has 1 aromatic carbocycles. The van der Waals surface area contributed by atoms with E-state index in [4.69, 9.17) is 9.47 Å². The summed E-state index contributed by atoms with van der Waals surface area (Å²) in [4.78, 5) is 0. The van der Waals surface area contributed by atoms with Crippen LogP contribution in [-0.4, -0.2) is 17.5 Å². The molecule has 0 radical (unpaired) electrons. The molecule has 0 atom stereocenters. The number of fused-ring (bicyclic) bond motifs is 1. The van der Waals surface area contributed by atoms with Crippen LogP contribution in [0.1, 0.15) is 33.3 Å². The summed E-state index contributed by atoms with van der Waals surface area (Å²) >= 11 is 0. The van der Waals surface area contributed by atoms with E-state index in [0.717, 1.165) is 17.1 Å². The zero-order valence-corrected chi connectivity index (χ0v) is 10.2. The molecular formula is C13H18O3. The van der Waals surface area contributed by atoms with Crippen LogP contribution in [0.2, 0.25) is 0 Å². The molecule has 1 aliphatic heterocycles. The van der Waals surface area contributed by atoms with Gasteiger partial charge in [-0.1, -0.05) is 19.9 Å². The first-order valence-corrected chi connectivity index (χ1v) is 5.47. The van der Waals surface area contributed by atoms with Crippen LogP contribution >= 0.6 is 0 Å². The van der Waals surface area contributed by atoms with Gasteiger partial charge in [0.05, 0.1) is 6.61 Å². The summed E-state index contributed by atoms with van der Waals surface area (Å²) in [5.74, 6) is 0.927. The molecule has 0 spiro atoms. The van der Waals surface area contributed by atoms with Crippen molar-refractivity contribution in [3.05, 3.63) is 23.8 Å². The Bertz CT molecular complexity index is 408. The number of aliphatic hydroxyl groups is 1. The first-order chi connectivity index (χ1) is 7.34. The third-order valence-corrected chi connectivity index (χ3v) is 2.83. The second-order valence-corrected chi connectivity index (χ2v) is 5.31. The second-order valence-electron chi connectivity index (χ2n) is 5.31. The molecule has 88 valence electrons. The van der Waals surface area contributed by atoms with E-state index in [9.17, 15) is 5.11 Å². The molecule has 1 aliphatic rings. The average Bonchev–Trinajstić information content (AvgIpc) is 2.50. The number of hydrogen-bond donors (Lipinski definition) is 1. The lowest BCUT2D eigenvalue weighted by Gasteiger charge is -2.22. The summed E-state index contributed by atoms with van der Waals surface area (Å²) in [6.45, 7) is 7.86. The maximum Gasteiger partial charge on any atom is 0.246 e. The standard InChI is InChI=1S/C13H18O3/c1-12(2,8-14)9-5-6-10-11(7-9)16-13(3,4)15-10/h5-7,14H,8H2,1-4H3. The van der Waals surface area contributed by atoms with Crippen molar-refractivity contribution < 1.29 is 14.6 Å². The fraction of sp³-hybridized carbons (Fsp3) is 0.538. The first-order valence-electron chi connectivity index (χ1n) is 5.47. The van der Waals surface area contributed by atoms with Crippen molar-refractivity contribution in [2.75, 3.05) is 6.61 Å². The van der Waals surface area contributed by atoms with Crippen LogP contribution in [0.4, 0.5) is 0 Å². The summed E-state index contributed by atoms with van der Waals surface area (Å²) in [6, 6.07) is 5.82. The van der Waals surface area contributed by atoms with Crippen LogP contribution in [0, 0.1) is 0 Å². The third kappa shape index (κ3) is 1.87. The van der Waals surface area contributed by atoms with Gasteiger partial charge in [-0.05, 0) is 17.7 Å². The second kappa shape index (κ2) is 3.39. The Balaban J connectivity index is 2.36. The molecule has 0 saturated heterocycles. The summed E-state index contributed by atoms with van der Waals surface area (Å²) in [6.07, 6.45) is 0. The van der Waals surface area contributed by atoms with E-state index in [-0.39, 0.29) is 12.0 Å². The van der Waals surface area contributed by atoms with Crippen LogP contribution < -0.4 is 9.47 Å². The van der Waals surface area contributed by atoms with Crippen molar-refractivity contribution in [1.29, 1.82) is 0 Å². The molecule has 0 saturated carbocycles. The Labute approximate surface area is 96.0 Å². The summed E-state index contributed by atoms with van der Waals surface area (Å²) in [5.41, 5.74) is 0.792. The van der Waals surface area contributed by atoms with E-state index in [0.29, 0.717) is 0 Å². The normalized spacial score (nSPS) is 17.6. The van der Waals surface area contributed by atoms with Gasteiger partial charge in [-0.25, -0.2) is 0 Å². The molecule has 0 aliphatic carbocycles. The molecule has 0 fully saturated rings. The lowest BCUT2D eigenvalue weighted by molar-refractivity contribution is -0.0431. The summed E-state index contributed by atoms with van der Waals surface area (Å²) in [5, 5.41) is 9.33. The van der Waals surface area contributed by atoms with Gasteiger partial charge in [-0.3, -0.25) is 0 Å². The first kappa shape index (κ1) is 11.3. The van der Waals surface area contributed by atoms with Crippen molar-refractivity contribution in [3.63, 3.8) is 0 Å². The minimum absolute atomic E-state index is 0.107. The number of ether oxygens (including phenoxy) is 2. The highest BCUT2D eigenvalue weighted by molar-refractivity contribution is 5.47. The van der Waals surface area contributed by atoms with E-state index >= 15 is 0 Å². The molecule has 0 aromatic heterocycles. The van der Waals surface area contributed by atoms with Crippen LogP contribution in [0.5, 0.6) is 11.5 Å². The molecule has 0 bridgehead atoms. The smallest absolute Gasteiger partial charge is 0.246 e. The highest BCUT2D eigenvalue weighted by atomic mass is 16.7. The Morgan fingerprint density at radius 1 is 1.19 bits per heavy atom. The number of rotatable bonds is 2. The van der Waals surface area contributed by atoms with Gasteiger partial charge in [0.15, 0.2) is 11.5 Å². The monoisotopic (exact) mass is 222 g/mol. The Hall–Kier alpha value is -1.22. The Kier molecular flexibility index (Phi) is 2.39. The molecule has 3 nitrogen and oxygen atoms in total. The van der Waals surface area contributed by atoms with Crippen molar-refractivity contribution >= 4 is 0 Å². The van der Waals surface area contributed by atoms with Gasteiger partial charge in [-0.2, -0.15) is 0 Å². The predicted molar refractivity (Wildman–Crippen MR) is 61.9 cm³/mol. The highest BCUT2D eigenvalue weighted by Gasteiger charge is 2.32. The number of benzene rings is 1. The lowest BCUT2D eigenvalue weighted by Crippen LogP contribution is -2.29. The van der Waals surface area contributed by atoms with E-state index in [1.165, 1.54) is 0 Å². The number of hydrogen-bond acceptors (Lipinski definition) is 3. The van der Waals surface area contributed by atoms with Gasteiger partial charge in [-0.15, -0.1) is 0 Å². The zero-order valence-electron chi connectivity index (χ0n) is 10.2. The third-order valence-electron chi connectivity index (χ3n) is 2.83. The van der Waals surface area contributed by atoms with Crippen molar-refractivity contribution in [1.82, 2.24) is 0 Å². The SMILES string of the molecule is CC1(C)Oc2ccc(C(C)(C)CO)cc2O1. The molecule has 1 heterocycles. The molecule has 16 heavy (non-hydrogen) atoms. The quantitative estimate of drug-likeness (QED) is 0.835. The highest BCUT2D eigenvalue weighted by Crippen LogP contribution is 2.41. The van der Waals surface area contributed by atoms with Gasteiger partial charge in [0.25, 0.3) is 0 Å². The van der Waals surface area contributed by atoms with Gasteiger partial charge in [0.1, 0.15) is 0 Å². The van der Waals surface area contributed by atoms with Crippen molar-refractivity contribution in [3.8, 4) is 11.5 Å². The number of aliphatic hydroxyl groups excluding tert-OH is 1. The molecule has 3 heteroatoms. The van der Waals surface area contributed by atoms with Crippen LogP contribution in [-0.2, 0) is 5.41 Å². The van der Waals surface area contributed by atoms with Crippen LogP contribution in [0.3, 0.4) is 0 Å². The van der Waals surface area contributed by atoms with E-state index in [1.54, 1.807) is 0 Å². The van der Waals surface area contributed by atoms with Gasteiger partial charge in [0.2, 0.25) is 5.79 Å². The van der Waals surface area contributed by atoms with Gasteiger partial charge in [0, 0.05) is 19.3 Å². The van der Waals surface area contributed by atoms with Crippen LogP contribution in [0.15, 0.2) is 18.2 Å². The molecule has 1 aromatic rings. The topological polar surface area (TPSA) is 38.7 Å². The van der Waals surface area contributed by atoms with E-state index in [2.05, 4.69) is 0 Å². The van der Waals surface area contributed by atoms with Crippen molar-refractivity contribution in [2.45, 2.75) is 38.9 Å². The van der Waals surface area contributed by atoms with Crippen molar-refractivity contribution in [2.24, 2.45) is 0 Å². The van der Waals surface area contributed by atoms with E-state index < -0.39 is 5.79 Å². The molecule has 2 rings (SSSR count).